The predicted octanol–water partition coefficient (Wildman–Crippen LogP) is 0.249. The van der Waals surface area contributed by atoms with E-state index < -0.39 is 0 Å². The molecule has 2 heterocycles. The monoisotopic (exact) mass is 335 g/mol. The summed E-state index contributed by atoms with van der Waals surface area (Å²) in [7, 11) is 1.67. The predicted molar refractivity (Wildman–Crippen MR) is 87.6 cm³/mol. The summed E-state index contributed by atoms with van der Waals surface area (Å²) in [4.78, 5) is 26.2. The Kier molecular flexibility index (Phi) is 4.48. The number of aryl methyl sites for hydroxylation is 2. The van der Waals surface area contributed by atoms with E-state index in [9.17, 15) is 14.7 Å². The standard InChI is InChI=1S/C17H25N3O4/c1-11-8-15(22)20(18-12(11)2)10-16(23)19-6-4-17(5-7-19)13(21)9-14(17)24-3/h8,13-14,21H,4-7,9-10H2,1-3H3/t13-,14+/m0/s1. The molecule has 1 spiro atoms. The van der Waals surface area contributed by atoms with Gasteiger partial charge in [0, 0.05) is 38.1 Å². The molecule has 1 saturated heterocycles. The zero-order chi connectivity index (χ0) is 17.5. The molecule has 0 radical (unpaired) electrons. The molecule has 0 unspecified atom stereocenters. The van der Waals surface area contributed by atoms with Crippen LogP contribution in [0.1, 0.15) is 30.5 Å². The third kappa shape index (κ3) is 2.75. The van der Waals surface area contributed by atoms with E-state index in [4.69, 9.17) is 4.74 Å². The molecule has 1 aliphatic carbocycles. The number of piperidine rings is 1. The van der Waals surface area contributed by atoms with Gasteiger partial charge in [-0.15, -0.1) is 0 Å². The van der Waals surface area contributed by atoms with Crippen LogP contribution in [-0.4, -0.2) is 58.1 Å². The summed E-state index contributed by atoms with van der Waals surface area (Å²) in [5.41, 5.74) is 1.11. The Morgan fingerprint density at radius 3 is 2.67 bits per heavy atom. The van der Waals surface area contributed by atoms with Gasteiger partial charge in [0.05, 0.1) is 17.9 Å². The number of hydrogen-bond acceptors (Lipinski definition) is 5. The normalized spacial score (nSPS) is 25.6. The fourth-order valence-electron chi connectivity index (χ4n) is 3.90. The fraction of sp³-hybridized carbons (Fsp3) is 0.706. The van der Waals surface area contributed by atoms with Crippen molar-refractivity contribution in [3.63, 3.8) is 0 Å². The quantitative estimate of drug-likeness (QED) is 0.856. The maximum Gasteiger partial charge on any atom is 0.267 e. The number of aliphatic hydroxyl groups is 1. The number of aromatic nitrogens is 2. The fourth-order valence-corrected chi connectivity index (χ4v) is 3.90. The van der Waals surface area contributed by atoms with Crippen LogP contribution in [0.2, 0.25) is 0 Å². The molecule has 0 aromatic carbocycles. The van der Waals surface area contributed by atoms with Crippen LogP contribution in [0.3, 0.4) is 0 Å². The summed E-state index contributed by atoms with van der Waals surface area (Å²) in [6.45, 7) is 4.77. The maximum atomic E-state index is 12.5. The van der Waals surface area contributed by atoms with Crippen molar-refractivity contribution in [2.24, 2.45) is 5.41 Å². The van der Waals surface area contributed by atoms with Crippen molar-refractivity contribution in [2.45, 2.75) is 51.9 Å². The largest absolute Gasteiger partial charge is 0.392 e. The summed E-state index contributed by atoms with van der Waals surface area (Å²) >= 11 is 0. The summed E-state index contributed by atoms with van der Waals surface area (Å²) < 4.78 is 6.69. The van der Waals surface area contributed by atoms with Crippen LogP contribution in [0.25, 0.3) is 0 Å². The van der Waals surface area contributed by atoms with Crippen molar-refractivity contribution in [3.05, 3.63) is 27.7 Å². The van der Waals surface area contributed by atoms with Crippen molar-refractivity contribution in [1.82, 2.24) is 14.7 Å². The molecular formula is C17H25N3O4. The van der Waals surface area contributed by atoms with Crippen molar-refractivity contribution < 1.29 is 14.6 Å². The number of methoxy groups -OCH3 is 1. The molecule has 1 aliphatic heterocycles. The average molecular weight is 335 g/mol. The second-order valence-electron chi connectivity index (χ2n) is 7.00. The van der Waals surface area contributed by atoms with E-state index in [1.807, 2.05) is 13.8 Å². The van der Waals surface area contributed by atoms with Crippen molar-refractivity contribution in [2.75, 3.05) is 20.2 Å². The van der Waals surface area contributed by atoms with E-state index in [2.05, 4.69) is 5.10 Å². The molecule has 1 saturated carbocycles. The van der Waals surface area contributed by atoms with Gasteiger partial charge in [-0.2, -0.15) is 5.10 Å². The van der Waals surface area contributed by atoms with Gasteiger partial charge in [-0.3, -0.25) is 9.59 Å². The zero-order valence-corrected chi connectivity index (χ0v) is 14.5. The summed E-state index contributed by atoms with van der Waals surface area (Å²) in [6, 6.07) is 1.51. The molecule has 1 N–H and O–H groups in total. The SMILES string of the molecule is CO[C@@H]1C[C@H](O)C12CCN(C(=O)Cn1nc(C)c(C)cc1=O)CC2. The molecule has 1 aromatic heterocycles. The molecule has 7 nitrogen and oxygen atoms in total. The molecule has 7 heteroatoms. The Morgan fingerprint density at radius 2 is 2.08 bits per heavy atom. The first-order valence-corrected chi connectivity index (χ1v) is 8.41. The molecule has 2 fully saturated rings. The van der Waals surface area contributed by atoms with Crippen LogP contribution < -0.4 is 5.56 Å². The van der Waals surface area contributed by atoms with Gasteiger partial charge in [0.25, 0.3) is 5.56 Å². The highest BCUT2D eigenvalue weighted by Crippen LogP contribution is 2.50. The summed E-state index contributed by atoms with van der Waals surface area (Å²) in [5.74, 6) is -0.106. The Morgan fingerprint density at radius 1 is 1.42 bits per heavy atom. The minimum atomic E-state index is -0.344. The molecule has 1 amide bonds. The second kappa shape index (κ2) is 6.29. The van der Waals surface area contributed by atoms with Gasteiger partial charge in [-0.05, 0) is 32.3 Å². The number of amides is 1. The number of rotatable bonds is 3. The van der Waals surface area contributed by atoms with Crippen molar-refractivity contribution in [3.8, 4) is 0 Å². The van der Waals surface area contributed by atoms with E-state index in [1.165, 1.54) is 10.7 Å². The molecule has 2 aliphatic rings. The van der Waals surface area contributed by atoms with E-state index in [0.717, 1.165) is 24.1 Å². The van der Waals surface area contributed by atoms with E-state index in [-0.39, 0.29) is 35.6 Å². The summed E-state index contributed by atoms with van der Waals surface area (Å²) in [5, 5.41) is 14.3. The van der Waals surface area contributed by atoms with Gasteiger partial charge in [0.2, 0.25) is 5.91 Å². The summed E-state index contributed by atoms with van der Waals surface area (Å²) in [6.07, 6.45) is 1.87. The topological polar surface area (TPSA) is 84.7 Å². The van der Waals surface area contributed by atoms with E-state index in [1.54, 1.807) is 12.0 Å². The lowest BCUT2D eigenvalue weighted by Crippen LogP contribution is -2.62. The Bertz CT molecular complexity index is 692. The highest BCUT2D eigenvalue weighted by atomic mass is 16.5. The molecule has 0 bridgehead atoms. The van der Waals surface area contributed by atoms with Gasteiger partial charge < -0.3 is 14.7 Å². The number of likely N-dealkylation sites (tertiary alicyclic amines) is 1. The molecule has 2 atom stereocenters. The Labute approximate surface area is 141 Å². The lowest BCUT2D eigenvalue weighted by Gasteiger charge is -2.56. The lowest BCUT2D eigenvalue weighted by atomic mass is 9.58. The number of carbonyl (C=O) groups excluding carboxylic acids is 1. The lowest BCUT2D eigenvalue weighted by molar-refractivity contribution is -0.202. The molecule has 24 heavy (non-hydrogen) atoms. The first-order chi connectivity index (χ1) is 11.4. The van der Waals surface area contributed by atoms with Crippen LogP contribution in [0, 0.1) is 19.3 Å². The maximum absolute atomic E-state index is 12.5. The molecule has 1 aromatic rings. The first kappa shape index (κ1) is 17.1. The van der Waals surface area contributed by atoms with Crippen LogP contribution in [0.4, 0.5) is 0 Å². The highest BCUT2D eigenvalue weighted by molar-refractivity contribution is 5.76. The van der Waals surface area contributed by atoms with Gasteiger partial charge in [-0.1, -0.05) is 0 Å². The van der Waals surface area contributed by atoms with Crippen LogP contribution >= 0.6 is 0 Å². The number of aliphatic hydroxyl groups excluding tert-OH is 1. The van der Waals surface area contributed by atoms with Crippen LogP contribution in [-0.2, 0) is 16.1 Å². The third-order valence-corrected chi connectivity index (χ3v) is 5.79. The van der Waals surface area contributed by atoms with Gasteiger partial charge in [-0.25, -0.2) is 4.68 Å². The second-order valence-corrected chi connectivity index (χ2v) is 7.00. The number of nitrogens with zero attached hydrogens (tertiary/aromatic N) is 3. The van der Waals surface area contributed by atoms with Gasteiger partial charge in [0.1, 0.15) is 6.54 Å². The zero-order valence-electron chi connectivity index (χ0n) is 14.5. The van der Waals surface area contributed by atoms with E-state index >= 15 is 0 Å². The molecule has 132 valence electrons. The van der Waals surface area contributed by atoms with Gasteiger partial charge in [0.15, 0.2) is 0 Å². The average Bonchev–Trinajstić information content (AvgIpc) is 2.57. The minimum absolute atomic E-state index is 0.0385. The van der Waals surface area contributed by atoms with Gasteiger partial charge >= 0.3 is 0 Å². The van der Waals surface area contributed by atoms with Crippen molar-refractivity contribution >= 4 is 5.91 Å². The number of hydrogen-bond donors (Lipinski definition) is 1. The highest BCUT2D eigenvalue weighted by Gasteiger charge is 2.56. The number of ether oxygens (including phenoxy) is 1. The Hall–Kier alpha value is -1.73. The number of carbonyl (C=O) groups is 1. The smallest absolute Gasteiger partial charge is 0.267 e. The minimum Gasteiger partial charge on any atom is -0.392 e. The molecule has 3 rings (SSSR count). The third-order valence-electron chi connectivity index (χ3n) is 5.79. The first-order valence-electron chi connectivity index (χ1n) is 8.41. The Balaban J connectivity index is 1.64. The van der Waals surface area contributed by atoms with Crippen LogP contribution in [0.15, 0.2) is 10.9 Å². The van der Waals surface area contributed by atoms with Crippen LogP contribution in [0.5, 0.6) is 0 Å². The van der Waals surface area contributed by atoms with E-state index in [0.29, 0.717) is 19.5 Å². The van der Waals surface area contributed by atoms with Crippen molar-refractivity contribution in [1.29, 1.82) is 0 Å². The molecular weight excluding hydrogens is 310 g/mol.